The van der Waals surface area contributed by atoms with Gasteiger partial charge >= 0.3 is 12.1 Å². The minimum absolute atomic E-state index is 0.282. The second-order valence-electron chi connectivity index (χ2n) is 9.42. The molecule has 0 spiro atoms. The lowest BCUT2D eigenvalue weighted by molar-refractivity contribution is 0.0224. The van der Waals surface area contributed by atoms with E-state index < -0.39 is 5.60 Å². The molecule has 2 heterocycles. The predicted octanol–water partition coefficient (Wildman–Crippen LogP) is 4.27. The Bertz CT molecular complexity index is 1040. The van der Waals surface area contributed by atoms with Crippen LogP contribution in [0.25, 0.3) is 11.1 Å². The molecule has 2 aliphatic heterocycles. The molecular formula is C26H32N2O5. The van der Waals surface area contributed by atoms with E-state index >= 15 is 0 Å². The van der Waals surface area contributed by atoms with Gasteiger partial charge in [-0.25, -0.2) is 9.59 Å². The van der Waals surface area contributed by atoms with Crippen molar-refractivity contribution >= 4 is 17.7 Å². The van der Waals surface area contributed by atoms with Gasteiger partial charge in [0.25, 0.3) is 0 Å². The number of nitrogens with zero attached hydrogens (tertiary/aromatic N) is 2. The number of benzene rings is 2. The number of methoxy groups -OCH3 is 1. The Morgan fingerprint density at radius 3 is 2.48 bits per heavy atom. The quantitative estimate of drug-likeness (QED) is 0.648. The van der Waals surface area contributed by atoms with Crippen LogP contribution in [0.1, 0.15) is 42.3 Å². The third kappa shape index (κ3) is 5.14. The van der Waals surface area contributed by atoms with E-state index in [2.05, 4.69) is 23.1 Å². The van der Waals surface area contributed by atoms with Gasteiger partial charge in [0.05, 0.1) is 31.6 Å². The summed E-state index contributed by atoms with van der Waals surface area (Å²) < 4.78 is 16.1. The Kier molecular flexibility index (Phi) is 6.61. The van der Waals surface area contributed by atoms with Crippen molar-refractivity contribution in [3.63, 3.8) is 0 Å². The largest absolute Gasteiger partial charge is 0.465 e. The van der Waals surface area contributed by atoms with Crippen LogP contribution in [0.2, 0.25) is 0 Å². The van der Waals surface area contributed by atoms with Crippen molar-refractivity contribution in [1.29, 1.82) is 0 Å². The monoisotopic (exact) mass is 452 g/mol. The molecule has 1 saturated heterocycles. The minimum Gasteiger partial charge on any atom is -0.465 e. The number of carbonyl (C=O) groups is 2. The fourth-order valence-corrected chi connectivity index (χ4v) is 4.41. The number of carbonyl (C=O) groups excluding carboxylic acids is 2. The number of anilines is 1. The van der Waals surface area contributed by atoms with E-state index in [9.17, 15) is 9.59 Å². The maximum absolute atomic E-state index is 12.6. The van der Waals surface area contributed by atoms with E-state index in [1.54, 1.807) is 4.90 Å². The van der Waals surface area contributed by atoms with Gasteiger partial charge in [-0.3, -0.25) is 0 Å². The van der Waals surface area contributed by atoms with Crippen LogP contribution in [0, 0.1) is 0 Å². The van der Waals surface area contributed by atoms with E-state index in [-0.39, 0.29) is 12.1 Å². The molecule has 0 atom stereocenters. The molecule has 2 aromatic carbocycles. The standard InChI is InChI=1S/C26H32N2O5/c1-26(2,3)33-25(30)28-11-10-21-19(17-28)6-5-7-20(21)18-8-9-22(24(29)31-4)23(16-18)27-12-14-32-15-13-27/h5-9,16H,10-15,17H2,1-4H3. The highest BCUT2D eigenvalue weighted by atomic mass is 16.6. The van der Waals surface area contributed by atoms with Gasteiger partial charge in [-0.15, -0.1) is 0 Å². The van der Waals surface area contributed by atoms with Crippen molar-refractivity contribution in [2.45, 2.75) is 39.3 Å². The maximum Gasteiger partial charge on any atom is 0.410 e. The summed E-state index contributed by atoms with van der Waals surface area (Å²) in [6.45, 7) is 9.49. The Labute approximate surface area is 195 Å². The molecule has 0 radical (unpaired) electrons. The highest BCUT2D eigenvalue weighted by Crippen LogP contribution is 2.34. The van der Waals surface area contributed by atoms with Gasteiger partial charge in [-0.1, -0.05) is 24.3 Å². The van der Waals surface area contributed by atoms with Crippen molar-refractivity contribution in [3.05, 3.63) is 53.1 Å². The van der Waals surface area contributed by atoms with Crippen LogP contribution >= 0.6 is 0 Å². The molecule has 33 heavy (non-hydrogen) atoms. The van der Waals surface area contributed by atoms with Gasteiger partial charge in [-0.2, -0.15) is 0 Å². The topological polar surface area (TPSA) is 68.3 Å². The number of amides is 1. The van der Waals surface area contributed by atoms with Crippen molar-refractivity contribution in [1.82, 2.24) is 4.90 Å². The number of rotatable bonds is 3. The van der Waals surface area contributed by atoms with Gasteiger partial charge in [0, 0.05) is 26.2 Å². The first-order valence-corrected chi connectivity index (χ1v) is 11.4. The molecule has 0 aliphatic carbocycles. The number of morpholine rings is 1. The van der Waals surface area contributed by atoms with Crippen molar-refractivity contribution in [2.75, 3.05) is 44.9 Å². The fraction of sp³-hybridized carbons (Fsp3) is 0.462. The molecule has 0 bridgehead atoms. The van der Waals surface area contributed by atoms with Gasteiger partial charge in [0.15, 0.2) is 0 Å². The van der Waals surface area contributed by atoms with Crippen LogP contribution in [0.15, 0.2) is 36.4 Å². The van der Waals surface area contributed by atoms with Crippen molar-refractivity contribution < 1.29 is 23.8 Å². The predicted molar refractivity (Wildman–Crippen MR) is 127 cm³/mol. The van der Waals surface area contributed by atoms with Crippen molar-refractivity contribution in [3.8, 4) is 11.1 Å². The molecule has 1 amide bonds. The second kappa shape index (κ2) is 9.43. The number of fused-ring (bicyclic) bond motifs is 1. The lowest BCUT2D eigenvalue weighted by atomic mass is 9.90. The average molecular weight is 453 g/mol. The first-order chi connectivity index (χ1) is 15.8. The van der Waals surface area contributed by atoms with Crippen LogP contribution in [0.4, 0.5) is 10.5 Å². The summed E-state index contributed by atoms with van der Waals surface area (Å²) in [5, 5.41) is 0. The number of esters is 1. The normalized spacial score (nSPS) is 16.2. The maximum atomic E-state index is 12.6. The Morgan fingerprint density at radius 1 is 1.03 bits per heavy atom. The molecule has 0 unspecified atom stereocenters. The second-order valence-corrected chi connectivity index (χ2v) is 9.42. The molecule has 4 rings (SSSR count). The zero-order valence-electron chi connectivity index (χ0n) is 19.8. The molecule has 176 valence electrons. The third-order valence-corrected chi connectivity index (χ3v) is 5.98. The molecule has 2 aromatic rings. The minimum atomic E-state index is -0.517. The molecule has 0 aromatic heterocycles. The van der Waals surface area contributed by atoms with E-state index in [1.165, 1.54) is 12.7 Å². The zero-order chi connectivity index (χ0) is 23.6. The van der Waals surface area contributed by atoms with Gasteiger partial charge in [0.2, 0.25) is 0 Å². The lowest BCUT2D eigenvalue weighted by Crippen LogP contribution is -2.40. The molecule has 1 fully saturated rings. The molecule has 0 N–H and O–H groups in total. The van der Waals surface area contributed by atoms with E-state index in [0.717, 1.165) is 41.9 Å². The Morgan fingerprint density at radius 2 is 1.79 bits per heavy atom. The SMILES string of the molecule is COC(=O)c1ccc(-c2cccc3c2CCN(C(=O)OC(C)(C)C)C3)cc1N1CCOCC1. The van der Waals surface area contributed by atoms with Gasteiger partial charge in [0.1, 0.15) is 5.60 Å². The summed E-state index contributed by atoms with van der Waals surface area (Å²) in [4.78, 5) is 28.9. The van der Waals surface area contributed by atoms with E-state index in [0.29, 0.717) is 31.9 Å². The van der Waals surface area contributed by atoms with E-state index in [1.807, 2.05) is 39.0 Å². The van der Waals surface area contributed by atoms with Gasteiger partial charge in [-0.05, 0) is 61.6 Å². The molecule has 0 saturated carbocycles. The number of hydrogen-bond acceptors (Lipinski definition) is 6. The first kappa shape index (κ1) is 23.1. The molecule has 7 nitrogen and oxygen atoms in total. The number of hydrogen-bond donors (Lipinski definition) is 0. The van der Waals surface area contributed by atoms with Crippen LogP contribution in [-0.4, -0.2) is 62.5 Å². The molecule has 2 aliphatic rings. The third-order valence-electron chi connectivity index (χ3n) is 5.98. The zero-order valence-corrected chi connectivity index (χ0v) is 19.8. The fourth-order valence-electron chi connectivity index (χ4n) is 4.41. The Balaban J connectivity index is 1.66. The summed E-state index contributed by atoms with van der Waals surface area (Å²) in [5.74, 6) is -0.342. The van der Waals surface area contributed by atoms with Gasteiger partial charge < -0.3 is 24.0 Å². The first-order valence-electron chi connectivity index (χ1n) is 11.4. The Hall–Kier alpha value is -3.06. The van der Waals surface area contributed by atoms with Crippen LogP contribution in [0.5, 0.6) is 0 Å². The van der Waals surface area contributed by atoms with Crippen molar-refractivity contribution in [2.24, 2.45) is 0 Å². The summed E-state index contributed by atoms with van der Waals surface area (Å²) in [6, 6.07) is 12.1. The highest BCUT2D eigenvalue weighted by Gasteiger charge is 2.27. The smallest absolute Gasteiger partial charge is 0.410 e. The molecular weight excluding hydrogens is 420 g/mol. The lowest BCUT2D eigenvalue weighted by Gasteiger charge is -2.32. The summed E-state index contributed by atoms with van der Waals surface area (Å²) in [5.41, 5.74) is 5.44. The summed E-state index contributed by atoms with van der Waals surface area (Å²) in [6.07, 6.45) is 0.465. The average Bonchev–Trinajstić information content (AvgIpc) is 2.82. The molecule has 7 heteroatoms. The van der Waals surface area contributed by atoms with Crippen LogP contribution in [-0.2, 0) is 27.2 Å². The number of ether oxygens (including phenoxy) is 3. The van der Waals surface area contributed by atoms with E-state index in [4.69, 9.17) is 14.2 Å². The summed E-state index contributed by atoms with van der Waals surface area (Å²) >= 11 is 0. The highest BCUT2D eigenvalue weighted by molar-refractivity contribution is 5.97. The summed E-state index contributed by atoms with van der Waals surface area (Å²) in [7, 11) is 1.41. The van der Waals surface area contributed by atoms with Crippen LogP contribution in [0.3, 0.4) is 0 Å². The van der Waals surface area contributed by atoms with Crippen LogP contribution < -0.4 is 4.90 Å².